The molecule has 0 aliphatic rings. The van der Waals surface area contributed by atoms with E-state index < -0.39 is 0 Å². The summed E-state index contributed by atoms with van der Waals surface area (Å²) in [5.41, 5.74) is 3.53. The second-order valence-electron chi connectivity index (χ2n) is 3.63. The lowest BCUT2D eigenvalue weighted by Gasteiger charge is -2.00. The Bertz CT molecular complexity index is 475. The van der Waals surface area contributed by atoms with Crippen LogP contribution in [0.1, 0.15) is 11.4 Å². The summed E-state index contributed by atoms with van der Waals surface area (Å²) in [6, 6.07) is 4.21. The van der Waals surface area contributed by atoms with Gasteiger partial charge in [0.05, 0.1) is 9.48 Å². The summed E-state index contributed by atoms with van der Waals surface area (Å²) >= 11 is 5.24. The van der Waals surface area contributed by atoms with Gasteiger partial charge in [0, 0.05) is 29.1 Å². The fraction of sp³-hybridized carbons (Fsp3) is 0.364. The molecular formula is C11H14BrN3S. The fourth-order valence-electron chi connectivity index (χ4n) is 1.68. The van der Waals surface area contributed by atoms with Crippen LogP contribution in [0.3, 0.4) is 0 Å². The standard InChI is InChI=1S/C11H14BrN3S/c1-7-11(9-3-4-10(12)16-9)8(15-14-7)5-6-13-2/h3-4,13H,5-6H2,1-2H3,(H,14,15). The van der Waals surface area contributed by atoms with E-state index in [2.05, 4.69) is 50.5 Å². The maximum atomic E-state index is 4.37. The lowest BCUT2D eigenvalue weighted by Crippen LogP contribution is -2.10. The van der Waals surface area contributed by atoms with Gasteiger partial charge in [-0.1, -0.05) is 0 Å². The van der Waals surface area contributed by atoms with E-state index in [0.717, 1.165) is 28.1 Å². The van der Waals surface area contributed by atoms with Gasteiger partial charge in [-0.05, 0) is 42.0 Å². The van der Waals surface area contributed by atoms with Gasteiger partial charge in [0.25, 0.3) is 0 Å². The molecule has 0 atom stereocenters. The molecule has 16 heavy (non-hydrogen) atoms. The van der Waals surface area contributed by atoms with Crippen molar-refractivity contribution in [2.24, 2.45) is 0 Å². The van der Waals surface area contributed by atoms with Crippen molar-refractivity contribution in [3.05, 3.63) is 27.3 Å². The number of nitrogens with zero attached hydrogens (tertiary/aromatic N) is 1. The van der Waals surface area contributed by atoms with Gasteiger partial charge in [-0.3, -0.25) is 5.10 Å². The van der Waals surface area contributed by atoms with Crippen LogP contribution in [0.15, 0.2) is 15.9 Å². The number of hydrogen-bond acceptors (Lipinski definition) is 3. The molecule has 5 heteroatoms. The molecule has 3 nitrogen and oxygen atoms in total. The number of halogens is 1. The quantitative estimate of drug-likeness (QED) is 0.911. The number of rotatable bonds is 4. The highest BCUT2D eigenvalue weighted by Crippen LogP contribution is 2.34. The van der Waals surface area contributed by atoms with Crippen molar-refractivity contribution in [2.75, 3.05) is 13.6 Å². The second-order valence-corrected chi connectivity index (χ2v) is 6.09. The maximum absolute atomic E-state index is 4.37. The molecule has 0 aliphatic carbocycles. The smallest absolute Gasteiger partial charge is 0.0724 e. The Morgan fingerprint density at radius 1 is 1.50 bits per heavy atom. The molecule has 0 radical (unpaired) electrons. The van der Waals surface area contributed by atoms with Crippen molar-refractivity contribution in [2.45, 2.75) is 13.3 Å². The lowest BCUT2D eigenvalue weighted by atomic mass is 10.1. The zero-order valence-corrected chi connectivity index (χ0v) is 11.7. The molecule has 2 N–H and O–H groups in total. The first-order valence-electron chi connectivity index (χ1n) is 5.16. The van der Waals surface area contributed by atoms with Crippen molar-refractivity contribution in [1.82, 2.24) is 15.5 Å². The third-order valence-corrected chi connectivity index (χ3v) is 4.09. The highest BCUT2D eigenvalue weighted by atomic mass is 79.9. The van der Waals surface area contributed by atoms with Crippen LogP contribution in [-0.2, 0) is 6.42 Å². The predicted molar refractivity (Wildman–Crippen MR) is 72.0 cm³/mol. The Morgan fingerprint density at radius 2 is 2.31 bits per heavy atom. The largest absolute Gasteiger partial charge is 0.319 e. The molecule has 0 aromatic carbocycles. The van der Waals surface area contributed by atoms with Crippen molar-refractivity contribution >= 4 is 27.3 Å². The second kappa shape index (κ2) is 5.12. The van der Waals surface area contributed by atoms with Crippen molar-refractivity contribution in [1.29, 1.82) is 0 Å². The van der Waals surface area contributed by atoms with Crippen LogP contribution in [-0.4, -0.2) is 23.8 Å². The van der Waals surface area contributed by atoms with Crippen molar-refractivity contribution in [3.8, 4) is 10.4 Å². The Kier molecular flexibility index (Phi) is 3.78. The number of hydrogen-bond donors (Lipinski definition) is 2. The first-order chi connectivity index (χ1) is 7.72. The predicted octanol–water partition coefficient (Wildman–Crippen LogP) is 2.97. The van der Waals surface area contributed by atoms with Crippen LogP contribution in [0.2, 0.25) is 0 Å². The van der Waals surface area contributed by atoms with E-state index >= 15 is 0 Å². The molecule has 0 fully saturated rings. The van der Waals surface area contributed by atoms with E-state index in [-0.39, 0.29) is 0 Å². The third-order valence-electron chi connectivity index (χ3n) is 2.45. The monoisotopic (exact) mass is 299 g/mol. The number of likely N-dealkylation sites (N-methyl/N-ethyl adjacent to an activating group) is 1. The number of aromatic nitrogens is 2. The van der Waals surface area contributed by atoms with Gasteiger partial charge < -0.3 is 5.32 Å². The average Bonchev–Trinajstić information content (AvgIpc) is 2.82. The molecule has 2 heterocycles. The normalized spacial score (nSPS) is 10.9. The summed E-state index contributed by atoms with van der Waals surface area (Å²) in [6.45, 7) is 3.02. The topological polar surface area (TPSA) is 40.7 Å². The van der Waals surface area contributed by atoms with Gasteiger partial charge in [-0.2, -0.15) is 5.10 Å². The Balaban J connectivity index is 2.35. The Labute approximate surface area is 107 Å². The number of thiophene rings is 1. The minimum atomic E-state index is 0.948. The molecule has 0 saturated carbocycles. The maximum Gasteiger partial charge on any atom is 0.0724 e. The van der Waals surface area contributed by atoms with E-state index in [9.17, 15) is 0 Å². The molecule has 0 unspecified atom stereocenters. The van der Waals surface area contributed by atoms with Crippen LogP contribution < -0.4 is 5.32 Å². The molecule has 0 amide bonds. The summed E-state index contributed by atoms with van der Waals surface area (Å²) in [7, 11) is 1.96. The van der Waals surface area contributed by atoms with E-state index in [1.54, 1.807) is 11.3 Å². The SMILES string of the molecule is CNCCc1n[nH]c(C)c1-c1ccc(Br)s1. The molecule has 0 spiro atoms. The number of H-pyrrole nitrogens is 1. The minimum absolute atomic E-state index is 0.948. The molecule has 0 bridgehead atoms. The summed E-state index contributed by atoms with van der Waals surface area (Å²) in [6.07, 6.45) is 0.950. The van der Waals surface area contributed by atoms with Gasteiger partial charge in [0.1, 0.15) is 0 Å². The van der Waals surface area contributed by atoms with E-state index in [1.807, 2.05) is 7.05 Å². The molecule has 0 saturated heterocycles. The number of aromatic amines is 1. The zero-order valence-electron chi connectivity index (χ0n) is 9.30. The van der Waals surface area contributed by atoms with Crippen LogP contribution in [0.4, 0.5) is 0 Å². The van der Waals surface area contributed by atoms with Gasteiger partial charge in [0.2, 0.25) is 0 Å². The highest BCUT2D eigenvalue weighted by molar-refractivity contribution is 9.11. The van der Waals surface area contributed by atoms with Gasteiger partial charge in [0.15, 0.2) is 0 Å². The number of aryl methyl sites for hydroxylation is 1. The van der Waals surface area contributed by atoms with Gasteiger partial charge >= 0.3 is 0 Å². The summed E-state index contributed by atoms with van der Waals surface area (Å²) in [4.78, 5) is 1.27. The molecule has 2 rings (SSSR count). The average molecular weight is 300 g/mol. The summed E-state index contributed by atoms with van der Waals surface area (Å²) < 4.78 is 1.16. The molecule has 0 aliphatic heterocycles. The van der Waals surface area contributed by atoms with E-state index in [4.69, 9.17) is 0 Å². The van der Waals surface area contributed by atoms with Crippen LogP contribution >= 0.6 is 27.3 Å². The molecule has 2 aromatic rings. The first-order valence-corrected chi connectivity index (χ1v) is 6.77. The number of nitrogens with one attached hydrogen (secondary N) is 2. The third kappa shape index (κ3) is 2.36. The van der Waals surface area contributed by atoms with Crippen LogP contribution in [0.25, 0.3) is 10.4 Å². The minimum Gasteiger partial charge on any atom is -0.319 e. The Morgan fingerprint density at radius 3 is 2.94 bits per heavy atom. The summed E-state index contributed by atoms with van der Waals surface area (Å²) in [5.74, 6) is 0. The first kappa shape index (κ1) is 11.8. The van der Waals surface area contributed by atoms with Crippen molar-refractivity contribution < 1.29 is 0 Å². The van der Waals surface area contributed by atoms with Crippen LogP contribution in [0, 0.1) is 6.92 Å². The fourth-order valence-corrected chi connectivity index (χ4v) is 3.19. The molecule has 86 valence electrons. The Hall–Kier alpha value is -0.650. The molecule has 2 aromatic heterocycles. The van der Waals surface area contributed by atoms with E-state index in [0.29, 0.717) is 0 Å². The van der Waals surface area contributed by atoms with Crippen molar-refractivity contribution in [3.63, 3.8) is 0 Å². The van der Waals surface area contributed by atoms with Gasteiger partial charge in [-0.25, -0.2) is 0 Å². The lowest BCUT2D eigenvalue weighted by molar-refractivity contribution is 0.773. The van der Waals surface area contributed by atoms with Gasteiger partial charge in [-0.15, -0.1) is 11.3 Å². The zero-order chi connectivity index (χ0) is 11.5. The molecular weight excluding hydrogens is 286 g/mol. The van der Waals surface area contributed by atoms with Crippen LogP contribution in [0.5, 0.6) is 0 Å². The van der Waals surface area contributed by atoms with E-state index in [1.165, 1.54) is 10.4 Å². The summed E-state index contributed by atoms with van der Waals surface area (Å²) in [5, 5.41) is 10.6. The highest BCUT2D eigenvalue weighted by Gasteiger charge is 2.13.